The first kappa shape index (κ1) is 19.8. The molecule has 4 rings (SSSR count). The second-order valence-corrected chi connectivity index (χ2v) is 6.52. The Hall–Kier alpha value is -4.53. The number of carbonyl (C=O) groups excluding carboxylic acids is 2. The number of carbonyl (C=O) groups is 2. The monoisotopic (exact) mass is 419 g/mol. The molecule has 3 aromatic carbocycles. The number of nitrogens with one attached hydrogen (secondary N) is 2. The third kappa shape index (κ3) is 4.10. The molecule has 1 aromatic heterocycles. The molecule has 31 heavy (non-hydrogen) atoms. The Labute approximate surface area is 174 Å². The minimum absolute atomic E-state index is 0.138. The number of nitrogens with zero attached hydrogens (tertiary/aromatic N) is 1. The number of fused-ring (bicyclic) bond motifs is 1. The van der Waals surface area contributed by atoms with Crippen LogP contribution in [0.3, 0.4) is 0 Å². The summed E-state index contributed by atoms with van der Waals surface area (Å²) in [7, 11) is 0. The molecule has 0 unspecified atom stereocenters. The number of halogens is 1. The van der Waals surface area contributed by atoms with Crippen molar-refractivity contribution in [1.82, 2.24) is 0 Å². The molecule has 1 heterocycles. The first-order chi connectivity index (χ1) is 14.9. The smallest absolute Gasteiger partial charge is 0.293 e. The molecule has 9 heteroatoms. The summed E-state index contributed by atoms with van der Waals surface area (Å²) >= 11 is 0. The van der Waals surface area contributed by atoms with Gasteiger partial charge in [0.1, 0.15) is 17.1 Å². The average molecular weight is 419 g/mol. The van der Waals surface area contributed by atoms with Gasteiger partial charge in [-0.25, -0.2) is 4.39 Å². The molecule has 0 saturated carbocycles. The van der Waals surface area contributed by atoms with Gasteiger partial charge < -0.3 is 15.1 Å². The fourth-order valence-corrected chi connectivity index (χ4v) is 2.97. The van der Waals surface area contributed by atoms with E-state index in [-0.39, 0.29) is 22.7 Å². The summed E-state index contributed by atoms with van der Waals surface area (Å²) in [5.74, 6) is -1.79. The minimum Gasteiger partial charge on any atom is -0.449 e. The number of rotatable bonds is 5. The second-order valence-electron chi connectivity index (χ2n) is 6.52. The normalized spacial score (nSPS) is 10.6. The number of anilines is 2. The lowest BCUT2D eigenvalue weighted by Crippen LogP contribution is -2.17. The van der Waals surface area contributed by atoms with Gasteiger partial charge in [-0.2, -0.15) is 0 Å². The fourth-order valence-electron chi connectivity index (χ4n) is 2.97. The van der Waals surface area contributed by atoms with Gasteiger partial charge in [-0.1, -0.05) is 12.1 Å². The zero-order chi connectivity index (χ0) is 22.0. The zero-order valence-corrected chi connectivity index (χ0v) is 15.8. The molecule has 0 aliphatic carbocycles. The maximum atomic E-state index is 13.1. The van der Waals surface area contributed by atoms with Gasteiger partial charge in [0, 0.05) is 28.8 Å². The van der Waals surface area contributed by atoms with E-state index in [9.17, 15) is 24.1 Å². The van der Waals surface area contributed by atoms with Gasteiger partial charge in [-0.3, -0.25) is 19.7 Å². The van der Waals surface area contributed by atoms with E-state index in [2.05, 4.69) is 10.6 Å². The second kappa shape index (κ2) is 8.07. The zero-order valence-electron chi connectivity index (χ0n) is 15.8. The van der Waals surface area contributed by atoms with E-state index in [1.54, 1.807) is 24.3 Å². The van der Waals surface area contributed by atoms with Crippen LogP contribution in [0.25, 0.3) is 11.0 Å². The SMILES string of the molecule is O=C(Nc1c(C(=O)Nc2ccc(F)cc2)oc2ccccc12)c1ccc([N+](=O)[O-])cc1. The van der Waals surface area contributed by atoms with E-state index in [4.69, 9.17) is 4.42 Å². The van der Waals surface area contributed by atoms with Crippen LogP contribution < -0.4 is 10.6 Å². The predicted octanol–water partition coefficient (Wildman–Crippen LogP) is 4.98. The summed E-state index contributed by atoms with van der Waals surface area (Å²) in [6.45, 7) is 0. The summed E-state index contributed by atoms with van der Waals surface area (Å²) in [4.78, 5) is 35.7. The summed E-state index contributed by atoms with van der Waals surface area (Å²) in [6.07, 6.45) is 0. The van der Waals surface area contributed by atoms with Gasteiger partial charge in [0.05, 0.1) is 4.92 Å². The highest BCUT2D eigenvalue weighted by Crippen LogP contribution is 2.32. The van der Waals surface area contributed by atoms with Crippen LogP contribution in [0.5, 0.6) is 0 Å². The largest absolute Gasteiger partial charge is 0.449 e. The van der Waals surface area contributed by atoms with Crippen molar-refractivity contribution in [3.05, 3.63) is 100 Å². The van der Waals surface area contributed by atoms with Gasteiger partial charge in [-0.05, 0) is 48.5 Å². The molecule has 2 N–H and O–H groups in total. The van der Waals surface area contributed by atoms with E-state index >= 15 is 0 Å². The van der Waals surface area contributed by atoms with Crippen molar-refractivity contribution in [3.8, 4) is 0 Å². The lowest BCUT2D eigenvalue weighted by atomic mass is 10.1. The molecule has 0 fully saturated rings. The van der Waals surface area contributed by atoms with Gasteiger partial charge >= 0.3 is 0 Å². The number of nitro groups is 1. The third-order valence-corrected chi connectivity index (χ3v) is 4.48. The van der Waals surface area contributed by atoms with Crippen LogP contribution in [0.1, 0.15) is 20.9 Å². The van der Waals surface area contributed by atoms with Gasteiger partial charge in [0.2, 0.25) is 5.76 Å². The quantitative estimate of drug-likeness (QED) is 0.350. The van der Waals surface area contributed by atoms with Crippen molar-refractivity contribution < 1.29 is 23.3 Å². The molecule has 0 spiro atoms. The summed E-state index contributed by atoms with van der Waals surface area (Å²) in [6, 6.07) is 17.0. The van der Waals surface area contributed by atoms with E-state index in [1.165, 1.54) is 48.5 Å². The summed E-state index contributed by atoms with van der Waals surface area (Å²) < 4.78 is 18.8. The van der Waals surface area contributed by atoms with Crippen LogP contribution in [0.15, 0.2) is 77.2 Å². The van der Waals surface area contributed by atoms with E-state index in [1.807, 2.05) is 0 Å². The molecule has 2 amide bonds. The molecular formula is C22H14FN3O5. The number of benzene rings is 3. The number of hydrogen-bond acceptors (Lipinski definition) is 5. The number of furan rings is 1. The number of para-hydroxylation sites is 1. The van der Waals surface area contributed by atoms with Crippen molar-refractivity contribution in [2.45, 2.75) is 0 Å². The van der Waals surface area contributed by atoms with Gasteiger partial charge in [0.15, 0.2) is 0 Å². The van der Waals surface area contributed by atoms with Crippen LogP contribution in [0.4, 0.5) is 21.5 Å². The van der Waals surface area contributed by atoms with Crippen LogP contribution in [-0.2, 0) is 0 Å². The first-order valence-electron chi connectivity index (χ1n) is 9.06. The molecule has 0 radical (unpaired) electrons. The lowest BCUT2D eigenvalue weighted by molar-refractivity contribution is -0.384. The van der Waals surface area contributed by atoms with Crippen molar-refractivity contribution in [3.63, 3.8) is 0 Å². The average Bonchev–Trinajstić information content (AvgIpc) is 3.14. The Bertz CT molecular complexity index is 1300. The number of nitro benzene ring substituents is 1. The van der Waals surface area contributed by atoms with Crippen LogP contribution >= 0.6 is 0 Å². The molecular weight excluding hydrogens is 405 g/mol. The first-order valence-corrected chi connectivity index (χ1v) is 9.06. The van der Waals surface area contributed by atoms with Gasteiger partial charge in [-0.15, -0.1) is 0 Å². The summed E-state index contributed by atoms with van der Waals surface area (Å²) in [5, 5.41) is 16.5. The highest BCUT2D eigenvalue weighted by molar-refractivity contribution is 6.16. The van der Waals surface area contributed by atoms with Gasteiger partial charge in [0.25, 0.3) is 17.5 Å². The van der Waals surface area contributed by atoms with Crippen LogP contribution in [0.2, 0.25) is 0 Å². The summed E-state index contributed by atoms with van der Waals surface area (Å²) in [5.41, 5.74) is 0.897. The van der Waals surface area contributed by atoms with Crippen molar-refractivity contribution in [2.24, 2.45) is 0 Å². The topological polar surface area (TPSA) is 114 Å². The van der Waals surface area contributed by atoms with Crippen molar-refractivity contribution >= 4 is 39.8 Å². The van der Waals surface area contributed by atoms with Crippen molar-refractivity contribution in [2.75, 3.05) is 10.6 Å². The number of non-ortho nitro benzene ring substituents is 1. The third-order valence-electron chi connectivity index (χ3n) is 4.48. The Morgan fingerprint density at radius 2 is 1.55 bits per heavy atom. The molecule has 154 valence electrons. The molecule has 0 aliphatic heterocycles. The van der Waals surface area contributed by atoms with Crippen LogP contribution in [-0.4, -0.2) is 16.7 Å². The number of amides is 2. The molecule has 0 aliphatic rings. The van der Waals surface area contributed by atoms with Crippen LogP contribution in [0, 0.1) is 15.9 Å². The number of hydrogen-bond donors (Lipinski definition) is 2. The van der Waals surface area contributed by atoms with E-state index in [0.717, 1.165) is 0 Å². The minimum atomic E-state index is -0.637. The molecule has 0 atom stereocenters. The Morgan fingerprint density at radius 3 is 2.23 bits per heavy atom. The Kier molecular flexibility index (Phi) is 5.15. The molecule has 4 aromatic rings. The van der Waals surface area contributed by atoms with E-state index in [0.29, 0.717) is 16.7 Å². The molecule has 8 nitrogen and oxygen atoms in total. The fraction of sp³-hybridized carbons (Fsp3) is 0. The molecule has 0 saturated heterocycles. The highest BCUT2D eigenvalue weighted by atomic mass is 19.1. The standard InChI is InChI=1S/C22H14FN3O5/c23-14-7-9-15(10-8-14)24-22(28)20-19(17-3-1-2-4-18(17)31-20)25-21(27)13-5-11-16(12-6-13)26(29)30/h1-12H,(H,24,28)(H,25,27). The highest BCUT2D eigenvalue weighted by Gasteiger charge is 2.23. The van der Waals surface area contributed by atoms with Crippen molar-refractivity contribution in [1.29, 1.82) is 0 Å². The predicted molar refractivity (Wildman–Crippen MR) is 112 cm³/mol. The maximum absolute atomic E-state index is 13.1. The lowest BCUT2D eigenvalue weighted by Gasteiger charge is -2.07. The molecule has 0 bridgehead atoms. The van der Waals surface area contributed by atoms with E-state index < -0.39 is 22.6 Å². The maximum Gasteiger partial charge on any atom is 0.293 e. The Balaban J connectivity index is 1.66. The Morgan fingerprint density at radius 1 is 0.871 bits per heavy atom.